The van der Waals surface area contributed by atoms with Crippen molar-refractivity contribution in [2.24, 2.45) is 11.8 Å². The fourth-order valence-corrected chi connectivity index (χ4v) is 6.82. The summed E-state index contributed by atoms with van der Waals surface area (Å²) >= 11 is 0. The van der Waals surface area contributed by atoms with Crippen molar-refractivity contribution in [3.63, 3.8) is 0 Å². The highest BCUT2D eigenvalue weighted by Gasteiger charge is 2.44. The van der Waals surface area contributed by atoms with E-state index in [2.05, 4.69) is 27.3 Å². The Balaban J connectivity index is 1.61. The van der Waals surface area contributed by atoms with Crippen LogP contribution >= 0.6 is 0 Å². The van der Waals surface area contributed by atoms with Gasteiger partial charge in [0.2, 0.25) is 10.0 Å². The van der Waals surface area contributed by atoms with Crippen molar-refractivity contribution in [2.75, 3.05) is 20.2 Å². The number of hydrogen-bond donors (Lipinski definition) is 1. The zero-order chi connectivity index (χ0) is 23.9. The molecule has 3 aliphatic rings. The molecule has 178 valence electrons. The molecule has 0 saturated carbocycles. The van der Waals surface area contributed by atoms with Crippen LogP contribution in [0.3, 0.4) is 0 Å². The summed E-state index contributed by atoms with van der Waals surface area (Å²) in [4.78, 5) is 7.23. The highest BCUT2D eigenvalue weighted by Crippen LogP contribution is 2.42. The SMILES string of the molecule is C=C[C@@H]1CN2CC[C@H]1C[C@H]2[C@@H](NS(=O)(=O)c1ccc(C)cc1)c1ccnc2ccc(OC)cc12. The summed E-state index contributed by atoms with van der Waals surface area (Å²) in [5, 5.41) is 0.904. The van der Waals surface area contributed by atoms with Gasteiger partial charge in [-0.15, -0.1) is 6.58 Å². The van der Waals surface area contributed by atoms with Gasteiger partial charge in [-0.1, -0.05) is 23.8 Å². The molecule has 1 N–H and O–H groups in total. The fourth-order valence-electron chi connectivity index (χ4n) is 5.57. The quantitative estimate of drug-likeness (QED) is 0.509. The Kier molecular flexibility index (Phi) is 6.18. The molecule has 3 aliphatic heterocycles. The third-order valence-electron chi connectivity index (χ3n) is 7.47. The second-order valence-electron chi connectivity index (χ2n) is 9.44. The first kappa shape index (κ1) is 23.0. The lowest BCUT2D eigenvalue weighted by atomic mass is 9.73. The lowest BCUT2D eigenvalue weighted by Crippen LogP contribution is -2.57. The molecule has 2 aromatic carbocycles. The van der Waals surface area contributed by atoms with Crippen molar-refractivity contribution in [3.05, 3.63) is 78.5 Å². The monoisotopic (exact) mass is 477 g/mol. The predicted octanol–water partition coefficient (Wildman–Crippen LogP) is 4.47. The van der Waals surface area contributed by atoms with Gasteiger partial charge in [-0.2, -0.15) is 0 Å². The molecule has 3 aromatic rings. The largest absolute Gasteiger partial charge is 0.497 e. The number of aromatic nitrogens is 1. The standard InChI is InChI=1S/C27H31N3O3S/c1-4-19-17-30-14-12-20(19)15-26(30)27(29-34(31,32)22-8-5-18(2)6-9-22)23-11-13-28-25-10-7-21(33-3)16-24(23)25/h4-11,13,16,19-20,26-27,29H,1,12,14-15,17H2,2-3H3/t19-,20+,26+,27+/m1/s1. The Morgan fingerprint density at radius 1 is 1.21 bits per heavy atom. The van der Waals surface area contributed by atoms with Crippen molar-refractivity contribution in [3.8, 4) is 5.75 Å². The number of nitrogens with one attached hydrogen (secondary N) is 1. The van der Waals surface area contributed by atoms with Gasteiger partial charge in [0.15, 0.2) is 0 Å². The normalized spacial score (nSPS) is 25.2. The summed E-state index contributed by atoms with van der Waals surface area (Å²) < 4.78 is 35.7. The van der Waals surface area contributed by atoms with Gasteiger partial charge in [0.05, 0.1) is 23.6 Å². The number of ether oxygens (including phenoxy) is 1. The summed E-state index contributed by atoms with van der Waals surface area (Å²) in [5.41, 5.74) is 2.76. The average Bonchev–Trinajstić information content (AvgIpc) is 2.87. The Morgan fingerprint density at radius 2 is 2.00 bits per heavy atom. The van der Waals surface area contributed by atoms with Gasteiger partial charge in [0.25, 0.3) is 0 Å². The number of methoxy groups -OCH3 is 1. The molecular weight excluding hydrogens is 446 g/mol. The molecule has 5 atom stereocenters. The van der Waals surface area contributed by atoms with E-state index in [-0.39, 0.29) is 10.9 Å². The maximum Gasteiger partial charge on any atom is 0.241 e. The molecule has 6 nitrogen and oxygen atoms in total. The van der Waals surface area contributed by atoms with Crippen LogP contribution < -0.4 is 9.46 Å². The van der Waals surface area contributed by atoms with Crippen molar-refractivity contribution >= 4 is 20.9 Å². The first-order valence-corrected chi connectivity index (χ1v) is 13.3. The molecule has 3 saturated heterocycles. The van der Waals surface area contributed by atoms with Crippen LogP contribution in [-0.2, 0) is 10.0 Å². The predicted molar refractivity (Wildman–Crippen MR) is 134 cm³/mol. The van der Waals surface area contributed by atoms with Crippen LogP contribution in [-0.4, -0.2) is 44.5 Å². The lowest BCUT2D eigenvalue weighted by molar-refractivity contribution is 0.00490. The number of benzene rings is 2. The number of aryl methyl sites for hydroxylation is 1. The van der Waals surface area contributed by atoms with Crippen molar-refractivity contribution in [1.29, 1.82) is 0 Å². The third kappa shape index (κ3) is 4.24. The Morgan fingerprint density at radius 3 is 2.68 bits per heavy atom. The number of piperidine rings is 3. The summed E-state index contributed by atoms with van der Waals surface area (Å²) in [6.45, 7) is 7.86. The van der Waals surface area contributed by atoms with Crippen LogP contribution in [0.15, 0.2) is 72.3 Å². The second-order valence-corrected chi connectivity index (χ2v) is 11.2. The zero-order valence-electron chi connectivity index (χ0n) is 19.6. The molecular formula is C27H31N3O3S. The van der Waals surface area contributed by atoms with Crippen LogP contribution in [0.2, 0.25) is 0 Å². The molecule has 0 spiro atoms. The zero-order valence-corrected chi connectivity index (χ0v) is 20.5. The molecule has 0 aliphatic carbocycles. The number of pyridine rings is 1. The number of nitrogens with zero attached hydrogens (tertiary/aromatic N) is 2. The highest BCUT2D eigenvalue weighted by atomic mass is 32.2. The molecule has 3 fully saturated rings. The van der Waals surface area contributed by atoms with E-state index in [1.54, 1.807) is 25.4 Å². The van der Waals surface area contributed by atoms with E-state index in [1.807, 2.05) is 43.3 Å². The van der Waals surface area contributed by atoms with Crippen molar-refractivity contribution in [2.45, 2.75) is 36.7 Å². The van der Waals surface area contributed by atoms with Gasteiger partial charge in [0, 0.05) is 24.2 Å². The highest BCUT2D eigenvalue weighted by molar-refractivity contribution is 7.89. The fraction of sp³-hybridized carbons (Fsp3) is 0.370. The Hall–Kier alpha value is -2.74. The summed E-state index contributed by atoms with van der Waals surface area (Å²) in [5.74, 6) is 1.69. The van der Waals surface area contributed by atoms with Crippen molar-refractivity contribution in [1.82, 2.24) is 14.6 Å². The molecule has 4 heterocycles. The van der Waals surface area contributed by atoms with Crippen molar-refractivity contribution < 1.29 is 13.2 Å². The molecule has 6 rings (SSSR count). The smallest absolute Gasteiger partial charge is 0.241 e. The van der Waals surface area contributed by atoms with E-state index < -0.39 is 16.1 Å². The molecule has 7 heteroatoms. The number of fused-ring (bicyclic) bond motifs is 4. The van der Waals surface area contributed by atoms with Crippen LogP contribution in [0, 0.1) is 18.8 Å². The van der Waals surface area contributed by atoms with Gasteiger partial charge in [-0.3, -0.25) is 9.88 Å². The van der Waals surface area contributed by atoms with Gasteiger partial charge in [-0.05, 0) is 80.1 Å². The van der Waals surface area contributed by atoms with E-state index in [1.165, 1.54) is 0 Å². The third-order valence-corrected chi connectivity index (χ3v) is 8.93. The van der Waals surface area contributed by atoms with Gasteiger partial charge < -0.3 is 4.74 Å². The molecule has 1 aromatic heterocycles. The average molecular weight is 478 g/mol. The molecule has 34 heavy (non-hydrogen) atoms. The molecule has 0 amide bonds. The molecule has 1 unspecified atom stereocenters. The number of sulfonamides is 1. The molecule has 2 bridgehead atoms. The maximum atomic E-state index is 13.6. The Labute approximate surface area is 201 Å². The second kappa shape index (κ2) is 9.13. The van der Waals surface area contributed by atoms with Crippen LogP contribution in [0.1, 0.15) is 30.0 Å². The first-order chi connectivity index (χ1) is 16.4. The first-order valence-electron chi connectivity index (χ1n) is 11.8. The minimum absolute atomic E-state index is 0.0481. The summed E-state index contributed by atoms with van der Waals surface area (Å²) in [6.07, 6.45) is 5.87. The van der Waals surface area contributed by atoms with Gasteiger partial charge >= 0.3 is 0 Å². The van der Waals surface area contributed by atoms with Crippen LogP contribution in [0.4, 0.5) is 0 Å². The van der Waals surface area contributed by atoms with E-state index in [0.29, 0.717) is 11.8 Å². The number of hydrogen-bond acceptors (Lipinski definition) is 5. The molecule has 0 radical (unpaired) electrons. The lowest BCUT2D eigenvalue weighted by Gasteiger charge is -2.51. The van der Waals surface area contributed by atoms with Crippen LogP contribution in [0.25, 0.3) is 10.9 Å². The minimum Gasteiger partial charge on any atom is -0.497 e. The van der Waals surface area contributed by atoms with E-state index >= 15 is 0 Å². The Bertz CT molecular complexity index is 1310. The van der Waals surface area contributed by atoms with E-state index in [4.69, 9.17) is 4.74 Å². The summed E-state index contributed by atoms with van der Waals surface area (Å²) in [7, 11) is -2.11. The minimum atomic E-state index is -3.74. The maximum absolute atomic E-state index is 13.6. The van der Waals surface area contributed by atoms with Gasteiger partial charge in [0.1, 0.15) is 5.75 Å². The van der Waals surface area contributed by atoms with E-state index in [9.17, 15) is 8.42 Å². The van der Waals surface area contributed by atoms with Crippen LogP contribution in [0.5, 0.6) is 5.75 Å². The van der Waals surface area contributed by atoms with Gasteiger partial charge in [-0.25, -0.2) is 13.1 Å². The number of rotatable bonds is 7. The summed E-state index contributed by atoms with van der Waals surface area (Å²) in [6, 6.07) is 14.3. The van der Waals surface area contributed by atoms with E-state index in [0.717, 1.165) is 53.7 Å². The topological polar surface area (TPSA) is 71.5 Å².